The number of aliphatic hydroxyl groups excluding tert-OH is 1. The van der Waals surface area contributed by atoms with Gasteiger partial charge in [0.05, 0.1) is 12.6 Å². The van der Waals surface area contributed by atoms with Gasteiger partial charge in [-0.1, -0.05) is 25.2 Å². The molecule has 1 aliphatic rings. The zero-order valence-corrected chi connectivity index (χ0v) is 19.0. The van der Waals surface area contributed by atoms with Crippen molar-refractivity contribution >= 4 is 39.6 Å². The predicted octanol–water partition coefficient (Wildman–Crippen LogP) is 3.56. The first-order valence-electron chi connectivity index (χ1n) is 9.68. The SMILES string of the molecule is CC(C)C1CN(c2ccc(CO)c([S+](C)[O-])c2)CCN1c1nc(C(F)(F)F)c(C=O)s1. The minimum Gasteiger partial charge on any atom is -0.612 e. The number of anilines is 2. The highest BCUT2D eigenvalue weighted by molar-refractivity contribution is 7.90. The number of aliphatic hydroxyl groups is 1. The van der Waals surface area contributed by atoms with Gasteiger partial charge in [0.1, 0.15) is 11.1 Å². The van der Waals surface area contributed by atoms with E-state index in [0.29, 0.717) is 30.1 Å². The molecule has 1 aliphatic heterocycles. The Morgan fingerprint density at radius 2 is 2.10 bits per heavy atom. The second-order valence-electron chi connectivity index (χ2n) is 7.68. The molecule has 0 amide bonds. The number of piperazine rings is 1. The molecular formula is C20H24F3N3O3S2. The summed E-state index contributed by atoms with van der Waals surface area (Å²) in [6.07, 6.45) is -2.92. The van der Waals surface area contributed by atoms with Crippen molar-refractivity contribution in [3.05, 3.63) is 34.3 Å². The number of aldehydes is 1. The Labute approximate surface area is 185 Å². The molecule has 1 aromatic heterocycles. The molecule has 0 radical (unpaired) electrons. The predicted molar refractivity (Wildman–Crippen MR) is 115 cm³/mol. The highest BCUT2D eigenvalue weighted by Crippen LogP contribution is 2.38. The second-order valence-corrected chi connectivity index (χ2v) is 10.0. The molecule has 0 spiro atoms. The van der Waals surface area contributed by atoms with Crippen molar-refractivity contribution in [2.75, 3.05) is 35.7 Å². The summed E-state index contributed by atoms with van der Waals surface area (Å²) in [6, 6.07) is 5.26. The van der Waals surface area contributed by atoms with E-state index in [4.69, 9.17) is 0 Å². The minimum absolute atomic E-state index is 0.109. The first-order chi connectivity index (χ1) is 14.6. The topological polar surface area (TPSA) is 79.7 Å². The van der Waals surface area contributed by atoms with E-state index in [1.54, 1.807) is 18.4 Å². The standard InChI is InChI=1S/C20H24F3N3O3S2/c1-12(2)15-9-25(14-5-4-13(10-27)17(8-14)31(3)29)6-7-26(15)19-24-18(20(21,22)23)16(11-28)30-19/h4-5,8,11-12,15,27H,6-7,9-10H2,1-3H3. The molecule has 6 nitrogen and oxygen atoms in total. The van der Waals surface area contributed by atoms with E-state index in [1.165, 1.54) is 0 Å². The average molecular weight is 476 g/mol. The lowest BCUT2D eigenvalue weighted by atomic mass is 9.99. The fourth-order valence-corrected chi connectivity index (χ4v) is 5.49. The normalized spacial score (nSPS) is 18.5. The molecule has 31 heavy (non-hydrogen) atoms. The number of hydrogen-bond acceptors (Lipinski definition) is 7. The number of rotatable bonds is 6. The van der Waals surface area contributed by atoms with E-state index in [-0.39, 0.29) is 30.0 Å². The molecule has 1 saturated heterocycles. The van der Waals surface area contributed by atoms with Crippen LogP contribution in [0.1, 0.15) is 34.8 Å². The van der Waals surface area contributed by atoms with E-state index >= 15 is 0 Å². The largest absolute Gasteiger partial charge is 0.612 e. The number of benzene rings is 1. The molecule has 2 atom stereocenters. The van der Waals surface area contributed by atoms with Gasteiger partial charge in [-0.15, -0.1) is 0 Å². The fraction of sp³-hybridized carbons (Fsp3) is 0.500. The quantitative estimate of drug-likeness (QED) is 0.509. The van der Waals surface area contributed by atoms with Crippen molar-refractivity contribution < 1.29 is 27.6 Å². The van der Waals surface area contributed by atoms with E-state index in [0.717, 1.165) is 17.0 Å². The zero-order valence-electron chi connectivity index (χ0n) is 17.3. The van der Waals surface area contributed by atoms with E-state index < -0.39 is 27.9 Å². The lowest BCUT2D eigenvalue weighted by Gasteiger charge is -2.44. The Bertz CT molecular complexity index is 934. The van der Waals surface area contributed by atoms with Gasteiger partial charge in [0, 0.05) is 37.0 Å². The monoisotopic (exact) mass is 475 g/mol. The second kappa shape index (κ2) is 9.35. The average Bonchev–Trinajstić information content (AvgIpc) is 3.17. The lowest BCUT2D eigenvalue weighted by molar-refractivity contribution is -0.140. The summed E-state index contributed by atoms with van der Waals surface area (Å²) in [5.41, 5.74) is 0.311. The molecule has 1 N–H and O–H groups in total. The number of alkyl halides is 3. The maximum atomic E-state index is 13.2. The molecule has 2 unspecified atom stereocenters. The van der Waals surface area contributed by atoms with Crippen LogP contribution in [-0.4, -0.2) is 52.9 Å². The molecule has 2 aromatic rings. The van der Waals surface area contributed by atoms with Crippen molar-refractivity contribution in [1.29, 1.82) is 0 Å². The molecule has 0 saturated carbocycles. The number of hydrogen-bond donors (Lipinski definition) is 1. The van der Waals surface area contributed by atoms with E-state index in [9.17, 15) is 27.6 Å². The van der Waals surface area contributed by atoms with Gasteiger partial charge >= 0.3 is 6.18 Å². The van der Waals surface area contributed by atoms with Crippen LogP contribution in [0.3, 0.4) is 0 Å². The van der Waals surface area contributed by atoms with Gasteiger partial charge in [-0.3, -0.25) is 4.79 Å². The lowest BCUT2D eigenvalue weighted by Crippen LogP contribution is -2.55. The van der Waals surface area contributed by atoms with Gasteiger partial charge in [0.15, 0.2) is 22.0 Å². The highest BCUT2D eigenvalue weighted by atomic mass is 32.2. The smallest absolute Gasteiger partial charge is 0.434 e. The van der Waals surface area contributed by atoms with E-state index in [1.807, 2.05) is 24.8 Å². The van der Waals surface area contributed by atoms with E-state index in [2.05, 4.69) is 9.88 Å². The number of carbonyl (C=O) groups excluding carboxylic acids is 1. The summed E-state index contributed by atoms with van der Waals surface area (Å²) in [5, 5.41) is 9.67. The van der Waals surface area contributed by atoms with Crippen LogP contribution in [0.4, 0.5) is 24.0 Å². The van der Waals surface area contributed by atoms with Crippen LogP contribution in [-0.2, 0) is 24.0 Å². The van der Waals surface area contributed by atoms with Crippen molar-refractivity contribution in [2.45, 2.75) is 37.6 Å². The number of nitrogens with zero attached hydrogens (tertiary/aromatic N) is 3. The van der Waals surface area contributed by atoms with Crippen LogP contribution >= 0.6 is 11.3 Å². The van der Waals surface area contributed by atoms with Crippen molar-refractivity contribution in [2.24, 2.45) is 5.92 Å². The zero-order chi connectivity index (χ0) is 22.9. The Kier molecular flexibility index (Phi) is 7.19. The van der Waals surface area contributed by atoms with Crippen LogP contribution in [0, 0.1) is 5.92 Å². The van der Waals surface area contributed by atoms with Gasteiger partial charge in [-0.25, -0.2) is 4.98 Å². The summed E-state index contributed by atoms with van der Waals surface area (Å²) in [6.45, 7) is 5.25. The maximum absolute atomic E-state index is 13.2. The highest BCUT2D eigenvalue weighted by Gasteiger charge is 2.40. The van der Waals surface area contributed by atoms with Crippen molar-refractivity contribution in [3.8, 4) is 0 Å². The summed E-state index contributed by atoms with van der Waals surface area (Å²) in [7, 11) is 0. The van der Waals surface area contributed by atoms with Crippen LogP contribution in [0.5, 0.6) is 0 Å². The molecule has 11 heteroatoms. The summed E-state index contributed by atoms with van der Waals surface area (Å²) < 4.78 is 51.8. The molecule has 1 fully saturated rings. The molecule has 0 bridgehead atoms. The number of carbonyl (C=O) groups is 1. The number of aromatic nitrogens is 1. The molecule has 2 heterocycles. The maximum Gasteiger partial charge on any atom is 0.434 e. The molecule has 170 valence electrons. The summed E-state index contributed by atoms with van der Waals surface area (Å²) in [4.78, 5) is 19.0. The van der Waals surface area contributed by atoms with Gasteiger partial charge in [-0.2, -0.15) is 13.2 Å². The van der Waals surface area contributed by atoms with Gasteiger partial charge in [0.2, 0.25) is 0 Å². The molecule has 0 aliphatic carbocycles. The Morgan fingerprint density at radius 1 is 1.39 bits per heavy atom. The van der Waals surface area contributed by atoms with Crippen LogP contribution in [0.15, 0.2) is 23.1 Å². The Balaban J connectivity index is 1.90. The van der Waals surface area contributed by atoms with Crippen molar-refractivity contribution in [3.63, 3.8) is 0 Å². The molecule has 3 rings (SSSR count). The number of thiazole rings is 1. The first kappa shape index (κ1) is 23.8. The Morgan fingerprint density at radius 3 is 2.61 bits per heavy atom. The van der Waals surface area contributed by atoms with Gasteiger partial charge < -0.3 is 19.5 Å². The van der Waals surface area contributed by atoms with Crippen LogP contribution < -0.4 is 9.80 Å². The van der Waals surface area contributed by atoms with Crippen molar-refractivity contribution in [1.82, 2.24) is 4.98 Å². The third kappa shape index (κ3) is 5.00. The van der Waals surface area contributed by atoms with Gasteiger partial charge in [0.25, 0.3) is 0 Å². The van der Waals surface area contributed by atoms with Crippen LogP contribution in [0.2, 0.25) is 0 Å². The Hall–Kier alpha value is -1.82. The minimum atomic E-state index is -4.68. The molecular weight excluding hydrogens is 451 g/mol. The first-order valence-corrected chi connectivity index (χ1v) is 12.1. The third-order valence-corrected chi connectivity index (χ3v) is 7.36. The summed E-state index contributed by atoms with van der Waals surface area (Å²) >= 11 is -0.501. The summed E-state index contributed by atoms with van der Waals surface area (Å²) in [5.74, 6) is 0.109. The third-order valence-electron chi connectivity index (χ3n) is 5.35. The molecule has 1 aromatic carbocycles. The van der Waals surface area contributed by atoms with Gasteiger partial charge in [-0.05, 0) is 29.2 Å². The van der Waals surface area contributed by atoms with Crippen LogP contribution in [0.25, 0.3) is 0 Å². The fourth-order valence-electron chi connectivity index (χ4n) is 3.72. The number of halogens is 3.